The third-order valence-corrected chi connectivity index (χ3v) is 6.31. The zero-order valence-electron chi connectivity index (χ0n) is 17.5. The second-order valence-electron chi connectivity index (χ2n) is 7.78. The third-order valence-electron chi connectivity index (χ3n) is 5.99. The van der Waals surface area contributed by atoms with E-state index >= 15 is 0 Å². The summed E-state index contributed by atoms with van der Waals surface area (Å²) in [5.41, 5.74) is 2.26. The third kappa shape index (κ3) is 4.82. The zero-order valence-corrected chi connectivity index (χ0v) is 18.2. The van der Waals surface area contributed by atoms with Crippen molar-refractivity contribution in [1.29, 1.82) is 0 Å². The summed E-state index contributed by atoms with van der Waals surface area (Å²) in [5.74, 6) is 1.10. The van der Waals surface area contributed by atoms with Gasteiger partial charge in [0.25, 0.3) is 0 Å². The molecule has 2 heterocycles. The van der Waals surface area contributed by atoms with Crippen LogP contribution >= 0.6 is 11.6 Å². The van der Waals surface area contributed by atoms with Crippen LogP contribution in [0.1, 0.15) is 0 Å². The van der Waals surface area contributed by atoms with Gasteiger partial charge in [0.05, 0.1) is 24.4 Å². The van der Waals surface area contributed by atoms with E-state index in [0.29, 0.717) is 6.54 Å². The van der Waals surface area contributed by atoms with Crippen LogP contribution in [0.25, 0.3) is 0 Å². The van der Waals surface area contributed by atoms with Crippen LogP contribution < -0.4 is 14.5 Å². The second kappa shape index (κ2) is 9.58. The van der Waals surface area contributed by atoms with Gasteiger partial charge in [0.2, 0.25) is 5.91 Å². The molecule has 1 amide bonds. The van der Waals surface area contributed by atoms with Gasteiger partial charge in [-0.2, -0.15) is 0 Å². The molecule has 2 aromatic carbocycles. The maximum Gasteiger partial charge on any atom is 0.236 e. The van der Waals surface area contributed by atoms with Crippen molar-refractivity contribution in [1.82, 2.24) is 9.80 Å². The fourth-order valence-corrected chi connectivity index (χ4v) is 4.41. The monoisotopic (exact) mass is 428 g/mol. The van der Waals surface area contributed by atoms with Crippen molar-refractivity contribution in [3.05, 3.63) is 53.6 Å². The normalized spacial score (nSPS) is 17.9. The lowest BCUT2D eigenvalue weighted by Gasteiger charge is -2.39. The Hall–Kier alpha value is -2.44. The molecule has 4 rings (SSSR count). The molecule has 0 atom stereocenters. The number of carbonyl (C=O) groups is 1. The topological polar surface area (TPSA) is 39.3 Å². The van der Waals surface area contributed by atoms with Gasteiger partial charge < -0.3 is 19.4 Å². The second-order valence-corrected chi connectivity index (χ2v) is 8.19. The van der Waals surface area contributed by atoms with Gasteiger partial charge in [-0.05, 0) is 36.4 Å². The van der Waals surface area contributed by atoms with Gasteiger partial charge in [-0.15, -0.1) is 0 Å². The standard InChI is InChI=1S/C23H29ClN4O2/c1-30-20-8-6-19(7-9-20)26-12-10-25(11-13-26)18-23(29)28-16-14-27(15-17-28)22-5-3-2-4-21(22)24/h2-9H,10-18H2,1H3. The number of para-hydroxylation sites is 1. The first kappa shape index (κ1) is 20.8. The van der Waals surface area contributed by atoms with Crippen LogP contribution in [0.4, 0.5) is 11.4 Å². The average Bonchev–Trinajstić information content (AvgIpc) is 2.80. The van der Waals surface area contributed by atoms with E-state index in [2.05, 4.69) is 26.8 Å². The molecule has 2 aliphatic rings. The molecule has 0 aromatic heterocycles. The minimum absolute atomic E-state index is 0.228. The number of anilines is 2. The molecule has 0 bridgehead atoms. The molecule has 7 heteroatoms. The van der Waals surface area contributed by atoms with Gasteiger partial charge in [-0.1, -0.05) is 23.7 Å². The molecule has 2 fully saturated rings. The summed E-state index contributed by atoms with van der Waals surface area (Å²) in [5, 5.41) is 0.770. The van der Waals surface area contributed by atoms with Crippen molar-refractivity contribution in [3.63, 3.8) is 0 Å². The number of amides is 1. The summed E-state index contributed by atoms with van der Waals surface area (Å²) in [7, 11) is 1.68. The SMILES string of the molecule is COc1ccc(N2CCN(CC(=O)N3CCN(c4ccccc4Cl)CC3)CC2)cc1. The molecule has 160 valence electrons. The Kier molecular flexibility index (Phi) is 6.65. The molecular formula is C23H29ClN4O2. The smallest absolute Gasteiger partial charge is 0.236 e. The molecule has 0 spiro atoms. The highest BCUT2D eigenvalue weighted by Gasteiger charge is 2.25. The number of methoxy groups -OCH3 is 1. The summed E-state index contributed by atoms with van der Waals surface area (Å²) in [6.07, 6.45) is 0. The molecule has 0 radical (unpaired) electrons. The van der Waals surface area contributed by atoms with Crippen LogP contribution in [0.3, 0.4) is 0 Å². The molecule has 30 heavy (non-hydrogen) atoms. The Morgan fingerprint density at radius 2 is 1.50 bits per heavy atom. The fourth-order valence-electron chi connectivity index (χ4n) is 4.15. The first-order valence-corrected chi connectivity index (χ1v) is 10.9. The van der Waals surface area contributed by atoms with Crippen molar-refractivity contribution in [2.24, 2.45) is 0 Å². The van der Waals surface area contributed by atoms with Crippen LogP contribution in [0.2, 0.25) is 5.02 Å². The van der Waals surface area contributed by atoms with E-state index in [4.69, 9.17) is 16.3 Å². The van der Waals surface area contributed by atoms with E-state index in [1.54, 1.807) is 7.11 Å². The van der Waals surface area contributed by atoms with Crippen LogP contribution in [-0.4, -0.2) is 81.7 Å². The molecule has 2 aromatic rings. The van der Waals surface area contributed by atoms with Crippen molar-refractivity contribution in [2.45, 2.75) is 0 Å². The maximum absolute atomic E-state index is 12.8. The number of benzene rings is 2. The Balaban J connectivity index is 1.23. The van der Waals surface area contributed by atoms with Gasteiger partial charge in [-0.25, -0.2) is 0 Å². The lowest BCUT2D eigenvalue weighted by atomic mass is 10.2. The molecule has 2 aliphatic heterocycles. The lowest BCUT2D eigenvalue weighted by Crippen LogP contribution is -2.54. The van der Waals surface area contributed by atoms with Crippen LogP contribution in [0.15, 0.2) is 48.5 Å². The predicted molar refractivity (Wildman–Crippen MR) is 122 cm³/mol. The Morgan fingerprint density at radius 3 is 2.13 bits per heavy atom. The lowest BCUT2D eigenvalue weighted by molar-refractivity contribution is -0.132. The number of hydrogen-bond donors (Lipinski definition) is 0. The number of nitrogens with zero attached hydrogens (tertiary/aromatic N) is 4. The van der Waals surface area contributed by atoms with Gasteiger partial charge in [0.15, 0.2) is 0 Å². The maximum atomic E-state index is 12.8. The zero-order chi connectivity index (χ0) is 20.9. The van der Waals surface area contributed by atoms with E-state index in [-0.39, 0.29) is 5.91 Å². The molecule has 0 aliphatic carbocycles. The average molecular weight is 429 g/mol. The highest BCUT2D eigenvalue weighted by Crippen LogP contribution is 2.26. The number of ether oxygens (including phenoxy) is 1. The van der Waals surface area contributed by atoms with Gasteiger partial charge in [0, 0.05) is 58.0 Å². The number of halogens is 1. The van der Waals surface area contributed by atoms with Crippen LogP contribution in [-0.2, 0) is 4.79 Å². The number of hydrogen-bond acceptors (Lipinski definition) is 5. The van der Waals surface area contributed by atoms with Gasteiger partial charge >= 0.3 is 0 Å². The summed E-state index contributed by atoms with van der Waals surface area (Å²) < 4.78 is 5.23. The number of piperazine rings is 2. The van der Waals surface area contributed by atoms with Crippen molar-refractivity contribution < 1.29 is 9.53 Å². The van der Waals surface area contributed by atoms with Crippen LogP contribution in [0, 0.1) is 0 Å². The fraction of sp³-hybridized carbons (Fsp3) is 0.435. The summed E-state index contributed by atoms with van der Waals surface area (Å²) in [6, 6.07) is 16.1. The molecule has 6 nitrogen and oxygen atoms in total. The van der Waals surface area contributed by atoms with Gasteiger partial charge in [0.1, 0.15) is 5.75 Å². The minimum atomic E-state index is 0.228. The quantitative estimate of drug-likeness (QED) is 0.732. The Morgan fingerprint density at radius 1 is 0.867 bits per heavy atom. The summed E-state index contributed by atoms with van der Waals surface area (Å²) in [4.78, 5) is 21.7. The summed E-state index contributed by atoms with van der Waals surface area (Å²) in [6.45, 7) is 7.30. The molecule has 0 unspecified atom stereocenters. The number of carbonyl (C=O) groups excluding carboxylic acids is 1. The van der Waals surface area contributed by atoms with E-state index in [0.717, 1.165) is 68.8 Å². The van der Waals surface area contributed by atoms with Crippen molar-refractivity contribution in [2.75, 3.05) is 75.8 Å². The Labute approximate surface area is 183 Å². The first-order valence-electron chi connectivity index (χ1n) is 10.5. The summed E-state index contributed by atoms with van der Waals surface area (Å²) >= 11 is 6.32. The molecule has 0 saturated carbocycles. The van der Waals surface area contributed by atoms with E-state index in [9.17, 15) is 4.79 Å². The van der Waals surface area contributed by atoms with Crippen molar-refractivity contribution in [3.8, 4) is 5.75 Å². The van der Waals surface area contributed by atoms with Crippen LogP contribution in [0.5, 0.6) is 5.75 Å². The van der Waals surface area contributed by atoms with E-state index in [1.165, 1.54) is 5.69 Å². The largest absolute Gasteiger partial charge is 0.497 e. The first-order chi connectivity index (χ1) is 14.6. The van der Waals surface area contributed by atoms with Gasteiger partial charge in [-0.3, -0.25) is 9.69 Å². The Bertz CT molecular complexity index is 845. The highest BCUT2D eigenvalue weighted by atomic mass is 35.5. The van der Waals surface area contributed by atoms with E-state index in [1.807, 2.05) is 41.3 Å². The molecule has 2 saturated heterocycles. The predicted octanol–water partition coefficient (Wildman–Crippen LogP) is 2.82. The molecular weight excluding hydrogens is 400 g/mol. The molecule has 0 N–H and O–H groups in total. The van der Waals surface area contributed by atoms with Crippen molar-refractivity contribution >= 4 is 28.9 Å². The number of rotatable bonds is 5. The van der Waals surface area contributed by atoms with E-state index < -0.39 is 0 Å². The minimum Gasteiger partial charge on any atom is -0.497 e. The highest BCUT2D eigenvalue weighted by molar-refractivity contribution is 6.33.